The molecule has 3 rings (SSSR count). The van der Waals surface area contributed by atoms with Crippen LogP contribution in [0, 0.1) is 5.92 Å². The van der Waals surface area contributed by atoms with Gasteiger partial charge in [0.05, 0.1) is 18.4 Å². The van der Waals surface area contributed by atoms with Crippen molar-refractivity contribution >= 4 is 21.0 Å². The van der Waals surface area contributed by atoms with E-state index in [1.807, 2.05) is 18.3 Å². The number of nitrogens with zero attached hydrogens (tertiary/aromatic N) is 1. The zero-order chi connectivity index (χ0) is 15.6. The van der Waals surface area contributed by atoms with Gasteiger partial charge in [0.25, 0.3) is 10.1 Å². The molecule has 0 saturated heterocycles. The molecule has 1 aliphatic carbocycles. The highest BCUT2D eigenvalue weighted by atomic mass is 32.2. The first-order chi connectivity index (χ1) is 10.5. The average molecular weight is 319 g/mol. The van der Waals surface area contributed by atoms with E-state index in [1.54, 1.807) is 0 Å². The Morgan fingerprint density at radius 3 is 2.59 bits per heavy atom. The summed E-state index contributed by atoms with van der Waals surface area (Å²) >= 11 is 0. The monoisotopic (exact) mass is 319 g/mol. The summed E-state index contributed by atoms with van der Waals surface area (Å²) < 4.78 is 27.1. The first kappa shape index (κ1) is 15.4. The van der Waals surface area contributed by atoms with Crippen LogP contribution in [0.4, 0.5) is 0 Å². The first-order valence-corrected chi connectivity index (χ1v) is 9.52. The molecule has 1 heterocycles. The van der Waals surface area contributed by atoms with Crippen LogP contribution in [0.2, 0.25) is 0 Å². The molecule has 1 aromatic heterocycles. The minimum absolute atomic E-state index is 0.322. The Morgan fingerprint density at radius 1 is 1.14 bits per heavy atom. The van der Waals surface area contributed by atoms with Gasteiger partial charge in [0.15, 0.2) is 0 Å². The molecule has 1 fully saturated rings. The van der Waals surface area contributed by atoms with Gasteiger partial charge < -0.3 is 0 Å². The lowest BCUT2D eigenvalue weighted by molar-refractivity contribution is 0.206. The summed E-state index contributed by atoms with van der Waals surface area (Å²) in [7, 11) is -3.33. The second-order valence-corrected chi connectivity index (χ2v) is 7.77. The Balaban J connectivity index is 1.68. The molecule has 0 aliphatic heterocycles. The molecule has 0 bridgehead atoms. The summed E-state index contributed by atoms with van der Waals surface area (Å²) in [5.74, 6) is 0.876. The van der Waals surface area contributed by atoms with Crippen LogP contribution in [0.25, 0.3) is 10.9 Å². The van der Waals surface area contributed by atoms with Gasteiger partial charge in [0, 0.05) is 11.6 Å². The van der Waals surface area contributed by atoms with Crippen LogP contribution < -0.4 is 0 Å². The Bertz CT molecular complexity index is 744. The number of fused-ring (bicyclic) bond motifs is 1. The zero-order valence-electron chi connectivity index (χ0n) is 12.7. The molecule has 118 valence electrons. The van der Waals surface area contributed by atoms with Gasteiger partial charge >= 0.3 is 0 Å². The van der Waals surface area contributed by atoms with E-state index in [1.165, 1.54) is 10.9 Å². The van der Waals surface area contributed by atoms with E-state index in [-0.39, 0.29) is 0 Å². The molecule has 4 nitrogen and oxygen atoms in total. The fourth-order valence-electron chi connectivity index (χ4n) is 3.33. The predicted molar refractivity (Wildman–Crippen MR) is 87.2 cm³/mol. The normalized spacial score (nSPS) is 22.8. The van der Waals surface area contributed by atoms with Gasteiger partial charge in [-0.1, -0.05) is 18.2 Å². The van der Waals surface area contributed by atoms with Gasteiger partial charge in [-0.3, -0.25) is 9.17 Å². The van der Waals surface area contributed by atoms with Crippen molar-refractivity contribution in [2.24, 2.45) is 5.92 Å². The molecule has 2 aromatic rings. The Kier molecular flexibility index (Phi) is 4.45. The molecule has 22 heavy (non-hydrogen) atoms. The van der Waals surface area contributed by atoms with E-state index in [0.717, 1.165) is 37.5 Å². The average Bonchev–Trinajstić information content (AvgIpc) is 2.52. The van der Waals surface area contributed by atoms with E-state index < -0.39 is 10.1 Å². The summed E-state index contributed by atoms with van der Waals surface area (Å²) in [6.45, 7) is 0.322. The van der Waals surface area contributed by atoms with Crippen molar-refractivity contribution in [2.75, 3.05) is 12.9 Å². The summed E-state index contributed by atoms with van der Waals surface area (Å²) in [6, 6.07) is 10.4. The summed E-state index contributed by atoms with van der Waals surface area (Å²) in [6.07, 6.45) is 7.17. The Morgan fingerprint density at radius 2 is 1.86 bits per heavy atom. The number of aromatic nitrogens is 1. The van der Waals surface area contributed by atoms with Crippen LogP contribution in [-0.4, -0.2) is 26.3 Å². The molecule has 1 aromatic carbocycles. The molecular formula is C17H21NO3S. The lowest BCUT2D eigenvalue weighted by Crippen LogP contribution is -2.19. The van der Waals surface area contributed by atoms with E-state index in [2.05, 4.69) is 23.2 Å². The molecule has 1 aliphatic rings. The van der Waals surface area contributed by atoms with Crippen molar-refractivity contribution in [3.8, 4) is 0 Å². The predicted octanol–water partition coefficient (Wildman–Crippen LogP) is 3.48. The van der Waals surface area contributed by atoms with Crippen molar-refractivity contribution in [1.29, 1.82) is 0 Å². The fourth-order valence-corrected chi connectivity index (χ4v) is 3.77. The topological polar surface area (TPSA) is 56.3 Å². The smallest absolute Gasteiger partial charge is 0.264 e. The Labute approximate surface area is 131 Å². The maximum Gasteiger partial charge on any atom is 0.264 e. The molecule has 1 saturated carbocycles. The molecule has 5 heteroatoms. The summed E-state index contributed by atoms with van der Waals surface area (Å²) in [4.78, 5) is 4.42. The van der Waals surface area contributed by atoms with Crippen LogP contribution in [0.5, 0.6) is 0 Å². The van der Waals surface area contributed by atoms with Crippen LogP contribution in [0.1, 0.15) is 37.2 Å². The third-order valence-electron chi connectivity index (χ3n) is 4.49. The highest BCUT2D eigenvalue weighted by Gasteiger charge is 2.24. The largest absolute Gasteiger partial charge is 0.270 e. The van der Waals surface area contributed by atoms with Gasteiger partial charge in [-0.2, -0.15) is 8.42 Å². The second kappa shape index (κ2) is 6.34. The number of para-hydroxylation sites is 1. The third-order valence-corrected chi connectivity index (χ3v) is 5.05. The van der Waals surface area contributed by atoms with Gasteiger partial charge in [0.1, 0.15) is 0 Å². The SMILES string of the molecule is CS(=O)(=O)OCC1CCC(c2ccnc3ccccc23)CC1. The van der Waals surface area contributed by atoms with Gasteiger partial charge in [0.2, 0.25) is 0 Å². The van der Waals surface area contributed by atoms with E-state index in [4.69, 9.17) is 4.18 Å². The van der Waals surface area contributed by atoms with Crippen molar-refractivity contribution < 1.29 is 12.6 Å². The molecule has 0 amide bonds. The minimum Gasteiger partial charge on any atom is -0.270 e. The van der Waals surface area contributed by atoms with Gasteiger partial charge in [-0.05, 0) is 55.2 Å². The van der Waals surface area contributed by atoms with Crippen molar-refractivity contribution in [1.82, 2.24) is 4.98 Å². The summed E-state index contributed by atoms with van der Waals surface area (Å²) in [5, 5.41) is 1.24. The maximum atomic E-state index is 11.1. The fraction of sp³-hybridized carbons (Fsp3) is 0.471. The lowest BCUT2D eigenvalue weighted by Gasteiger charge is -2.29. The van der Waals surface area contributed by atoms with Crippen LogP contribution >= 0.6 is 0 Å². The Hall–Kier alpha value is -1.46. The molecule has 0 atom stereocenters. The molecule has 0 spiro atoms. The molecule has 0 unspecified atom stereocenters. The van der Waals surface area contributed by atoms with Gasteiger partial charge in [-0.15, -0.1) is 0 Å². The van der Waals surface area contributed by atoms with E-state index in [9.17, 15) is 8.42 Å². The third kappa shape index (κ3) is 3.65. The highest BCUT2D eigenvalue weighted by Crippen LogP contribution is 2.38. The number of rotatable bonds is 4. The van der Waals surface area contributed by atoms with Gasteiger partial charge in [-0.25, -0.2) is 0 Å². The molecule has 0 radical (unpaired) electrons. The maximum absolute atomic E-state index is 11.1. The highest BCUT2D eigenvalue weighted by molar-refractivity contribution is 7.85. The van der Waals surface area contributed by atoms with E-state index in [0.29, 0.717) is 18.4 Å². The number of benzene rings is 1. The van der Waals surface area contributed by atoms with E-state index >= 15 is 0 Å². The number of hydrogen-bond donors (Lipinski definition) is 0. The van der Waals surface area contributed by atoms with Crippen LogP contribution in [0.3, 0.4) is 0 Å². The van der Waals surface area contributed by atoms with Crippen LogP contribution in [-0.2, 0) is 14.3 Å². The second-order valence-electron chi connectivity index (χ2n) is 6.12. The van der Waals surface area contributed by atoms with Crippen molar-refractivity contribution in [3.63, 3.8) is 0 Å². The van der Waals surface area contributed by atoms with Crippen molar-refractivity contribution in [3.05, 3.63) is 42.1 Å². The standard InChI is InChI=1S/C17H21NO3S/c1-22(19,20)21-12-13-6-8-14(9-7-13)15-10-11-18-17-5-3-2-4-16(15)17/h2-5,10-11,13-14H,6-9,12H2,1H3. The summed E-state index contributed by atoms with van der Waals surface area (Å²) in [5.41, 5.74) is 2.41. The van der Waals surface area contributed by atoms with Crippen molar-refractivity contribution in [2.45, 2.75) is 31.6 Å². The minimum atomic E-state index is -3.33. The quantitative estimate of drug-likeness (QED) is 0.810. The molecular weight excluding hydrogens is 298 g/mol. The number of hydrogen-bond acceptors (Lipinski definition) is 4. The number of pyridine rings is 1. The zero-order valence-corrected chi connectivity index (χ0v) is 13.6. The molecule has 0 N–H and O–H groups in total. The van der Waals surface area contributed by atoms with Crippen LogP contribution in [0.15, 0.2) is 36.5 Å². The first-order valence-electron chi connectivity index (χ1n) is 7.71. The lowest BCUT2D eigenvalue weighted by atomic mass is 9.78.